The molecule has 2 aromatic carbocycles. The highest BCUT2D eigenvalue weighted by molar-refractivity contribution is 5.95. The van der Waals surface area contributed by atoms with Crippen molar-refractivity contribution >= 4 is 12.0 Å². The van der Waals surface area contributed by atoms with Crippen LogP contribution in [-0.4, -0.2) is 18.1 Å². The predicted octanol–water partition coefficient (Wildman–Crippen LogP) is 4.45. The number of carbonyl (C=O) groups excluding carboxylic acids is 2. The van der Waals surface area contributed by atoms with E-state index in [1.54, 1.807) is 13.8 Å². The zero-order valence-corrected chi connectivity index (χ0v) is 16.2. The lowest BCUT2D eigenvalue weighted by Crippen LogP contribution is -2.46. The van der Waals surface area contributed by atoms with E-state index in [0.717, 1.165) is 5.56 Å². The van der Waals surface area contributed by atoms with E-state index < -0.39 is 12.0 Å². The predicted molar refractivity (Wildman–Crippen MR) is 106 cm³/mol. The quantitative estimate of drug-likeness (QED) is 0.726. The van der Waals surface area contributed by atoms with Gasteiger partial charge in [0.2, 0.25) is 0 Å². The summed E-state index contributed by atoms with van der Waals surface area (Å²) < 4.78 is 11.3. The Bertz CT molecular complexity index is 890. The number of benzene rings is 2. The molecule has 0 radical (unpaired) electrons. The number of carbonyl (C=O) groups is 2. The Hall–Kier alpha value is -3.28. The van der Waals surface area contributed by atoms with Gasteiger partial charge in [-0.05, 0) is 50.1 Å². The fourth-order valence-electron chi connectivity index (χ4n) is 3.05. The normalized spacial score (nSPS) is 16.4. The summed E-state index contributed by atoms with van der Waals surface area (Å²) in [5.41, 5.74) is 1.71. The molecular formula is C22H24N2O4. The molecule has 146 valence electrons. The molecular weight excluding hydrogens is 356 g/mol. The van der Waals surface area contributed by atoms with Gasteiger partial charge < -0.3 is 20.1 Å². The molecule has 0 saturated carbocycles. The standard InChI is InChI=1S/C22H24N2O4/c1-4-18-19(21(25)27-14(2)3)20(24-22(26)23-18)15-9-8-12-17(13-15)28-16-10-6-5-7-11-16/h5-14,20H,4H2,1-3H3,(H2,23,24,26). The van der Waals surface area contributed by atoms with Crippen molar-refractivity contribution in [1.29, 1.82) is 0 Å². The van der Waals surface area contributed by atoms with E-state index in [-0.39, 0.29) is 12.1 Å². The maximum Gasteiger partial charge on any atom is 0.338 e. The highest BCUT2D eigenvalue weighted by Gasteiger charge is 2.33. The van der Waals surface area contributed by atoms with Crippen LogP contribution in [0.5, 0.6) is 11.5 Å². The molecule has 2 amide bonds. The second-order valence-corrected chi connectivity index (χ2v) is 6.72. The van der Waals surface area contributed by atoms with Gasteiger partial charge in [0.15, 0.2) is 0 Å². The van der Waals surface area contributed by atoms with Crippen molar-refractivity contribution in [2.45, 2.75) is 39.3 Å². The lowest BCUT2D eigenvalue weighted by Gasteiger charge is -2.29. The minimum atomic E-state index is -0.616. The molecule has 0 fully saturated rings. The third-order valence-electron chi connectivity index (χ3n) is 4.24. The van der Waals surface area contributed by atoms with Gasteiger partial charge in [-0.2, -0.15) is 0 Å². The Morgan fingerprint density at radius 2 is 1.79 bits per heavy atom. The topological polar surface area (TPSA) is 76.7 Å². The third kappa shape index (κ3) is 4.52. The van der Waals surface area contributed by atoms with Gasteiger partial charge in [0.05, 0.1) is 17.7 Å². The van der Waals surface area contributed by atoms with Crippen LogP contribution in [0, 0.1) is 0 Å². The van der Waals surface area contributed by atoms with Gasteiger partial charge >= 0.3 is 12.0 Å². The van der Waals surface area contributed by atoms with Crippen LogP contribution in [0.25, 0.3) is 0 Å². The first-order valence-electron chi connectivity index (χ1n) is 9.32. The summed E-state index contributed by atoms with van der Waals surface area (Å²) in [5, 5.41) is 5.55. The van der Waals surface area contributed by atoms with E-state index in [2.05, 4.69) is 10.6 Å². The average Bonchev–Trinajstić information content (AvgIpc) is 2.67. The third-order valence-corrected chi connectivity index (χ3v) is 4.24. The molecule has 0 saturated heterocycles. The van der Waals surface area contributed by atoms with Crippen molar-refractivity contribution in [3.63, 3.8) is 0 Å². The first kappa shape index (κ1) is 19.5. The summed E-state index contributed by atoms with van der Waals surface area (Å²) in [6.45, 7) is 5.47. The summed E-state index contributed by atoms with van der Waals surface area (Å²) in [6.07, 6.45) is 0.247. The molecule has 1 heterocycles. The molecule has 2 aromatic rings. The number of hydrogen-bond acceptors (Lipinski definition) is 4. The number of ether oxygens (including phenoxy) is 2. The van der Waals surface area contributed by atoms with E-state index in [9.17, 15) is 9.59 Å². The van der Waals surface area contributed by atoms with Gasteiger partial charge in [-0.15, -0.1) is 0 Å². The number of hydrogen-bond donors (Lipinski definition) is 2. The molecule has 0 aromatic heterocycles. The van der Waals surface area contributed by atoms with Gasteiger partial charge in [0, 0.05) is 5.70 Å². The zero-order chi connectivity index (χ0) is 20.1. The Kier molecular flexibility index (Phi) is 5.99. The van der Waals surface area contributed by atoms with Crippen LogP contribution in [0.15, 0.2) is 65.9 Å². The van der Waals surface area contributed by atoms with Crippen LogP contribution in [-0.2, 0) is 9.53 Å². The molecule has 1 atom stereocenters. The minimum Gasteiger partial charge on any atom is -0.459 e. The van der Waals surface area contributed by atoms with Gasteiger partial charge in [0.1, 0.15) is 11.5 Å². The molecule has 0 spiro atoms. The zero-order valence-electron chi connectivity index (χ0n) is 16.2. The van der Waals surface area contributed by atoms with Crippen LogP contribution < -0.4 is 15.4 Å². The van der Waals surface area contributed by atoms with E-state index in [0.29, 0.717) is 29.2 Å². The number of allylic oxidation sites excluding steroid dienone is 1. The van der Waals surface area contributed by atoms with Crippen molar-refractivity contribution in [2.24, 2.45) is 0 Å². The van der Waals surface area contributed by atoms with Crippen LogP contribution in [0.3, 0.4) is 0 Å². The highest BCUT2D eigenvalue weighted by Crippen LogP contribution is 2.32. The molecule has 0 bridgehead atoms. The molecule has 3 rings (SSSR count). The van der Waals surface area contributed by atoms with Gasteiger partial charge in [0.25, 0.3) is 0 Å². The number of rotatable bonds is 6. The van der Waals surface area contributed by atoms with Crippen LogP contribution in [0.2, 0.25) is 0 Å². The maximum absolute atomic E-state index is 12.7. The van der Waals surface area contributed by atoms with Crippen molar-refractivity contribution in [1.82, 2.24) is 10.6 Å². The molecule has 6 nitrogen and oxygen atoms in total. The second kappa shape index (κ2) is 8.61. The number of urea groups is 1. The fraction of sp³-hybridized carbons (Fsp3) is 0.273. The smallest absolute Gasteiger partial charge is 0.338 e. The SMILES string of the molecule is CCC1=C(C(=O)OC(C)C)C(c2cccc(Oc3ccccc3)c2)NC(=O)N1. The van der Waals surface area contributed by atoms with E-state index in [1.165, 1.54) is 0 Å². The van der Waals surface area contributed by atoms with Crippen LogP contribution in [0.1, 0.15) is 38.8 Å². The van der Waals surface area contributed by atoms with E-state index >= 15 is 0 Å². The van der Waals surface area contributed by atoms with Gasteiger partial charge in [-0.1, -0.05) is 37.3 Å². The summed E-state index contributed by atoms with van der Waals surface area (Å²) in [6, 6.07) is 15.8. The molecule has 2 N–H and O–H groups in total. The second-order valence-electron chi connectivity index (χ2n) is 6.72. The monoisotopic (exact) mass is 380 g/mol. The summed E-state index contributed by atoms with van der Waals surface area (Å²) in [5.74, 6) is 0.878. The van der Waals surface area contributed by atoms with Crippen LogP contribution >= 0.6 is 0 Å². The van der Waals surface area contributed by atoms with Crippen molar-refractivity contribution < 1.29 is 19.1 Å². The summed E-state index contributed by atoms with van der Waals surface area (Å²) in [4.78, 5) is 24.9. The fourth-order valence-corrected chi connectivity index (χ4v) is 3.05. The Morgan fingerprint density at radius 3 is 2.46 bits per heavy atom. The number of amides is 2. The Balaban J connectivity index is 1.96. The van der Waals surface area contributed by atoms with Gasteiger partial charge in [-0.3, -0.25) is 0 Å². The molecule has 1 aliphatic heterocycles. The largest absolute Gasteiger partial charge is 0.459 e. The summed E-state index contributed by atoms with van der Waals surface area (Å²) >= 11 is 0. The lowest BCUT2D eigenvalue weighted by molar-refractivity contribution is -0.143. The Morgan fingerprint density at radius 1 is 1.07 bits per heavy atom. The molecule has 28 heavy (non-hydrogen) atoms. The first-order valence-corrected chi connectivity index (χ1v) is 9.32. The molecule has 0 aliphatic carbocycles. The summed E-state index contributed by atoms with van der Waals surface area (Å²) in [7, 11) is 0. The lowest BCUT2D eigenvalue weighted by atomic mass is 9.94. The highest BCUT2D eigenvalue weighted by atomic mass is 16.5. The molecule has 6 heteroatoms. The number of nitrogens with one attached hydrogen (secondary N) is 2. The van der Waals surface area contributed by atoms with E-state index in [4.69, 9.17) is 9.47 Å². The minimum absolute atomic E-state index is 0.260. The van der Waals surface area contributed by atoms with Crippen molar-refractivity contribution in [3.05, 3.63) is 71.4 Å². The molecule has 1 aliphatic rings. The maximum atomic E-state index is 12.7. The Labute approximate surface area is 164 Å². The number of para-hydroxylation sites is 1. The van der Waals surface area contributed by atoms with E-state index in [1.807, 2.05) is 61.5 Å². The van der Waals surface area contributed by atoms with Crippen LogP contribution in [0.4, 0.5) is 4.79 Å². The first-order chi connectivity index (χ1) is 13.5. The van der Waals surface area contributed by atoms with Crippen molar-refractivity contribution in [3.8, 4) is 11.5 Å². The molecule has 1 unspecified atom stereocenters. The van der Waals surface area contributed by atoms with Crippen molar-refractivity contribution in [2.75, 3.05) is 0 Å². The number of esters is 1. The van der Waals surface area contributed by atoms with Gasteiger partial charge in [-0.25, -0.2) is 9.59 Å². The average molecular weight is 380 g/mol.